The van der Waals surface area contributed by atoms with Crippen molar-refractivity contribution in [1.82, 2.24) is 0 Å². The minimum Gasteiger partial charge on any atom is -0.465 e. The van der Waals surface area contributed by atoms with Gasteiger partial charge in [-0.3, -0.25) is 9.59 Å². The van der Waals surface area contributed by atoms with E-state index in [1.54, 1.807) is 27.7 Å². The number of carbonyl (C=O) groups excluding carboxylic acids is 2. The second-order valence-electron chi connectivity index (χ2n) is 4.33. The molecule has 0 aromatic carbocycles. The molecule has 0 fully saturated rings. The van der Waals surface area contributed by atoms with Crippen molar-refractivity contribution in [2.75, 3.05) is 6.61 Å². The standard InChI is InChI=1S/C12H18O3/c1-6-8-9(11(14)15-7-2)10(13)12(3,4)5/h1,9H,7-8H2,2-5H3. The van der Waals surface area contributed by atoms with Crippen LogP contribution in [0.15, 0.2) is 0 Å². The first kappa shape index (κ1) is 13.7. The van der Waals surface area contributed by atoms with E-state index in [-0.39, 0.29) is 18.8 Å². The molecule has 0 spiro atoms. The summed E-state index contributed by atoms with van der Waals surface area (Å²) in [4.78, 5) is 23.4. The summed E-state index contributed by atoms with van der Waals surface area (Å²) < 4.78 is 4.82. The third-order valence-electron chi connectivity index (χ3n) is 1.95. The van der Waals surface area contributed by atoms with Crippen molar-refractivity contribution < 1.29 is 14.3 Å². The monoisotopic (exact) mass is 210 g/mol. The molecule has 3 heteroatoms. The van der Waals surface area contributed by atoms with Crippen molar-refractivity contribution in [3.05, 3.63) is 0 Å². The van der Waals surface area contributed by atoms with E-state index in [1.807, 2.05) is 0 Å². The van der Waals surface area contributed by atoms with Gasteiger partial charge in [-0.15, -0.1) is 12.3 Å². The van der Waals surface area contributed by atoms with E-state index in [1.165, 1.54) is 0 Å². The number of carbonyl (C=O) groups is 2. The van der Waals surface area contributed by atoms with Crippen molar-refractivity contribution in [1.29, 1.82) is 0 Å². The zero-order chi connectivity index (χ0) is 12.1. The Morgan fingerprint density at radius 1 is 1.40 bits per heavy atom. The van der Waals surface area contributed by atoms with Crippen LogP contribution in [-0.2, 0) is 14.3 Å². The minimum atomic E-state index is -0.824. The van der Waals surface area contributed by atoms with Gasteiger partial charge < -0.3 is 4.74 Å². The number of ether oxygens (including phenoxy) is 1. The molecule has 0 aromatic rings. The molecule has 0 aliphatic rings. The van der Waals surface area contributed by atoms with Gasteiger partial charge in [0.05, 0.1) is 6.61 Å². The fourth-order valence-corrected chi connectivity index (χ4v) is 1.17. The fraction of sp³-hybridized carbons (Fsp3) is 0.667. The Morgan fingerprint density at radius 3 is 2.27 bits per heavy atom. The van der Waals surface area contributed by atoms with Gasteiger partial charge in [-0.2, -0.15) is 0 Å². The largest absolute Gasteiger partial charge is 0.465 e. The van der Waals surface area contributed by atoms with Crippen molar-refractivity contribution in [2.24, 2.45) is 11.3 Å². The van der Waals surface area contributed by atoms with E-state index in [4.69, 9.17) is 11.2 Å². The summed E-state index contributed by atoms with van der Waals surface area (Å²) in [5.74, 6) is 0.828. The molecule has 0 bridgehead atoms. The van der Waals surface area contributed by atoms with Crippen LogP contribution in [0.3, 0.4) is 0 Å². The van der Waals surface area contributed by atoms with Gasteiger partial charge in [0, 0.05) is 11.8 Å². The summed E-state index contributed by atoms with van der Waals surface area (Å²) >= 11 is 0. The summed E-state index contributed by atoms with van der Waals surface area (Å²) in [6.45, 7) is 7.25. The number of ketones is 1. The lowest BCUT2D eigenvalue weighted by Crippen LogP contribution is -2.34. The molecule has 15 heavy (non-hydrogen) atoms. The molecule has 0 heterocycles. The fourth-order valence-electron chi connectivity index (χ4n) is 1.17. The predicted molar refractivity (Wildman–Crippen MR) is 58.0 cm³/mol. The molecule has 1 unspecified atom stereocenters. The van der Waals surface area contributed by atoms with Crippen LogP contribution >= 0.6 is 0 Å². The molecule has 84 valence electrons. The van der Waals surface area contributed by atoms with Gasteiger partial charge in [0.1, 0.15) is 5.92 Å². The second-order valence-corrected chi connectivity index (χ2v) is 4.33. The quantitative estimate of drug-likeness (QED) is 0.404. The van der Waals surface area contributed by atoms with E-state index in [9.17, 15) is 9.59 Å². The molecular formula is C12H18O3. The molecule has 0 aliphatic heterocycles. The van der Waals surface area contributed by atoms with E-state index in [0.717, 1.165) is 0 Å². The van der Waals surface area contributed by atoms with Crippen LogP contribution in [-0.4, -0.2) is 18.4 Å². The predicted octanol–water partition coefficient (Wildman–Crippen LogP) is 1.80. The third-order valence-corrected chi connectivity index (χ3v) is 1.95. The molecule has 0 amide bonds. The van der Waals surface area contributed by atoms with Gasteiger partial charge in [0.15, 0.2) is 5.78 Å². The van der Waals surface area contributed by atoms with Crippen LogP contribution in [0.25, 0.3) is 0 Å². The molecule has 0 saturated heterocycles. The zero-order valence-electron chi connectivity index (χ0n) is 9.79. The van der Waals surface area contributed by atoms with Crippen LogP contribution < -0.4 is 0 Å². The highest BCUT2D eigenvalue weighted by Crippen LogP contribution is 2.23. The molecular weight excluding hydrogens is 192 g/mol. The normalized spacial score (nSPS) is 12.7. The first-order chi connectivity index (χ1) is 6.84. The van der Waals surface area contributed by atoms with Crippen molar-refractivity contribution >= 4 is 11.8 Å². The SMILES string of the molecule is C#CCC(C(=O)OCC)C(=O)C(C)(C)C. The van der Waals surface area contributed by atoms with Gasteiger partial charge in [-0.1, -0.05) is 20.8 Å². The Balaban J connectivity index is 4.75. The highest BCUT2D eigenvalue weighted by molar-refractivity contribution is 6.01. The van der Waals surface area contributed by atoms with Crippen LogP contribution in [0.2, 0.25) is 0 Å². The summed E-state index contributed by atoms with van der Waals surface area (Å²) in [5, 5.41) is 0. The number of esters is 1. The van der Waals surface area contributed by atoms with Crippen LogP contribution in [0.1, 0.15) is 34.1 Å². The van der Waals surface area contributed by atoms with Crippen LogP contribution in [0.4, 0.5) is 0 Å². The van der Waals surface area contributed by atoms with Gasteiger partial charge >= 0.3 is 5.97 Å². The number of Topliss-reactive ketones (excluding diaryl/α,β-unsaturated/α-hetero) is 1. The lowest BCUT2D eigenvalue weighted by atomic mass is 9.82. The first-order valence-electron chi connectivity index (χ1n) is 4.99. The number of hydrogen-bond donors (Lipinski definition) is 0. The van der Waals surface area contributed by atoms with E-state index < -0.39 is 17.3 Å². The zero-order valence-corrected chi connectivity index (χ0v) is 9.79. The Labute approximate surface area is 91.2 Å². The molecule has 3 nitrogen and oxygen atoms in total. The van der Waals surface area contributed by atoms with Gasteiger partial charge in [-0.05, 0) is 6.92 Å². The average Bonchev–Trinajstić information content (AvgIpc) is 2.12. The summed E-state index contributed by atoms with van der Waals surface area (Å²) in [5.41, 5.74) is -0.575. The summed E-state index contributed by atoms with van der Waals surface area (Å²) in [6.07, 6.45) is 5.24. The number of terminal acetylenes is 1. The number of hydrogen-bond acceptors (Lipinski definition) is 3. The Kier molecular flexibility index (Phi) is 5.07. The lowest BCUT2D eigenvalue weighted by molar-refractivity contribution is -0.153. The summed E-state index contributed by atoms with van der Waals surface area (Å²) in [7, 11) is 0. The van der Waals surface area contributed by atoms with Crippen LogP contribution in [0, 0.1) is 23.7 Å². The number of rotatable bonds is 4. The molecule has 0 radical (unpaired) electrons. The van der Waals surface area contributed by atoms with Crippen molar-refractivity contribution in [2.45, 2.75) is 34.1 Å². The topological polar surface area (TPSA) is 43.4 Å². The summed E-state index contributed by atoms with van der Waals surface area (Å²) in [6, 6.07) is 0. The first-order valence-corrected chi connectivity index (χ1v) is 4.99. The van der Waals surface area contributed by atoms with E-state index in [0.29, 0.717) is 0 Å². The second kappa shape index (κ2) is 5.55. The van der Waals surface area contributed by atoms with Crippen LogP contribution in [0.5, 0.6) is 0 Å². The molecule has 0 aromatic heterocycles. The molecule has 0 saturated carbocycles. The van der Waals surface area contributed by atoms with Gasteiger partial charge in [0.25, 0.3) is 0 Å². The van der Waals surface area contributed by atoms with Gasteiger partial charge in [-0.25, -0.2) is 0 Å². The highest BCUT2D eigenvalue weighted by atomic mass is 16.5. The third kappa shape index (κ3) is 4.16. The molecule has 0 rings (SSSR count). The smallest absolute Gasteiger partial charge is 0.317 e. The molecule has 0 aliphatic carbocycles. The highest BCUT2D eigenvalue weighted by Gasteiger charge is 2.34. The van der Waals surface area contributed by atoms with Gasteiger partial charge in [0.2, 0.25) is 0 Å². The Morgan fingerprint density at radius 2 is 1.93 bits per heavy atom. The molecule has 0 N–H and O–H groups in total. The van der Waals surface area contributed by atoms with E-state index in [2.05, 4.69) is 5.92 Å². The van der Waals surface area contributed by atoms with E-state index >= 15 is 0 Å². The Bertz CT molecular complexity index is 278. The Hall–Kier alpha value is -1.30. The molecule has 1 atom stereocenters. The average molecular weight is 210 g/mol. The minimum absolute atomic E-state index is 0.106. The van der Waals surface area contributed by atoms with Crippen molar-refractivity contribution in [3.8, 4) is 12.3 Å². The maximum Gasteiger partial charge on any atom is 0.317 e. The maximum absolute atomic E-state index is 11.9. The lowest BCUT2D eigenvalue weighted by Gasteiger charge is -2.21. The maximum atomic E-state index is 11.9. The van der Waals surface area contributed by atoms with Crippen molar-refractivity contribution in [3.63, 3.8) is 0 Å².